The van der Waals surface area contributed by atoms with Gasteiger partial charge in [-0.3, -0.25) is 14.5 Å². The largest absolute Gasteiger partial charge is 0.456 e. The van der Waals surface area contributed by atoms with Crippen LogP contribution < -0.4 is 4.90 Å². The maximum Gasteiger partial charge on any atom is 0.303 e. The second-order valence-corrected chi connectivity index (χ2v) is 6.88. The normalized spacial score (nSPS) is 13.2. The average molecular weight is 344 g/mol. The molecule has 0 aliphatic heterocycles. The highest BCUT2D eigenvalue weighted by atomic mass is 32.1. The molecule has 5 nitrogen and oxygen atoms in total. The van der Waals surface area contributed by atoms with Crippen molar-refractivity contribution in [1.82, 2.24) is 4.98 Å². The van der Waals surface area contributed by atoms with Crippen LogP contribution in [0, 0.1) is 0 Å². The van der Waals surface area contributed by atoms with Gasteiger partial charge in [0, 0.05) is 11.8 Å². The number of aromatic nitrogens is 1. The number of amides is 1. The maximum atomic E-state index is 12.6. The number of hydrogen-bond acceptors (Lipinski definition) is 5. The van der Waals surface area contributed by atoms with Crippen LogP contribution in [0.1, 0.15) is 35.9 Å². The van der Waals surface area contributed by atoms with Gasteiger partial charge in [-0.1, -0.05) is 30.3 Å². The van der Waals surface area contributed by atoms with E-state index in [2.05, 4.69) is 4.98 Å². The fourth-order valence-corrected chi connectivity index (χ4v) is 3.89. The molecule has 1 aromatic heterocycles. The lowest BCUT2D eigenvalue weighted by Gasteiger charge is -2.19. The van der Waals surface area contributed by atoms with Gasteiger partial charge in [0.25, 0.3) is 5.91 Å². The lowest BCUT2D eigenvalue weighted by molar-refractivity contribution is -0.145. The Morgan fingerprint density at radius 1 is 1.21 bits per heavy atom. The minimum atomic E-state index is -0.457. The molecule has 0 saturated carbocycles. The van der Waals surface area contributed by atoms with Gasteiger partial charge in [-0.05, 0) is 31.2 Å². The molecule has 0 bridgehead atoms. The number of nitrogens with zero attached hydrogens (tertiary/aromatic N) is 2. The molecule has 0 N–H and O–H groups in total. The van der Waals surface area contributed by atoms with Gasteiger partial charge in [0.15, 0.2) is 11.7 Å². The van der Waals surface area contributed by atoms with E-state index in [1.165, 1.54) is 18.2 Å². The summed E-state index contributed by atoms with van der Waals surface area (Å²) in [5.74, 6) is -0.707. The van der Waals surface area contributed by atoms with Crippen LogP contribution in [0.2, 0.25) is 0 Å². The van der Waals surface area contributed by atoms with Crippen LogP contribution in [-0.4, -0.2) is 23.5 Å². The van der Waals surface area contributed by atoms with Crippen molar-refractivity contribution >= 4 is 28.3 Å². The number of hydrogen-bond donors (Lipinski definition) is 0. The molecule has 126 valence electrons. The first-order chi connectivity index (χ1) is 11.6. The van der Waals surface area contributed by atoms with Gasteiger partial charge in [0.2, 0.25) is 0 Å². The van der Waals surface area contributed by atoms with Crippen molar-refractivity contribution in [3.05, 3.63) is 46.5 Å². The van der Waals surface area contributed by atoms with Gasteiger partial charge < -0.3 is 4.74 Å². The predicted octanol–water partition coefficient (Wildman–Crippen LogP) is 3.12. The Kier molecular flexibility index (Phi) is 5.25. The standard InChI is InChI=1S/C18H20N2O3S/c1-13(21)23-12-17(22)20(11-14-7-3-2-4-8-14)18-19-15-9-5-6-10-16(15)24-18/h2-4,7-8H,5-6,9-12H2,1H3. The Morgan fingerprint density at radius 3 is 2.67 bits per heavy atom. The van der Waals surface area contributed by atoms with Crippen LogP contribution in [0.5, 0.6) is 0 Å². The summed E-state index contributed by atoms with van der Waals surface area (Å²) in [4.78, 5) is 31.2. The van der Waals surface area contributed by atoms with E-state index in [0.29, 0.717) is 11.7 Å². The number of carbonyl (C=O) groups is 2. The molecule has 0 saturated heterocycles. The summed E-state index contributed by atoms with van der Waals surface area (Å²) in [6.07, 6.45) is 4.33. The van der Waals surface area contributed by atoms with Gasteiger partial charge >= 0.3 is 5.97 Å². The van der Waals surface area contributed by atoms with Gasteiger partial charge in [-0.15, -0.1) is 11.3 Å². The number of esters is 1. The average Bonchev–Trinajstić information content (AvgIpc) is 3.02. The maximum absolute atomic E-state index is 12.6. The first-order valence-corrected chi connectivity index (χ1v) is 8.91. The molecule has 0 fully saturated rings. The summed E-state index contributed by atoms with van der Waals surface area (Å²) in [6.45, 7) is 1.47. The Bertz CT molecular complexity index is 704. The molecule has 0 unspecified atom stereocenters. The fourth-order valence-electron chi connectivity index (χ4n) is 2.72. The van der Waals surface area contributed by atoms with Gasteiger partial charge in [-0.25, -0.2) is 4.98 Å². The topological polar surface area (TPSA) is 59.5 Å². The van der Waals surface area contributed by atoms with Gasteiger partial charge in [0.1, 0.15) is 0 Å². The lowest BCUT2D eigenvalue weighted by Crippen LogP contribution is -2.34. The van der Waals surface area contributed by atoms with Crippen LogP contribution in [0.4, 0.5) is 5.13 Å². The summed E-state index contributed by atoms with van der Waals surface area (Å²) in [5.41, 5.74) is 2.13. The highest BCUT2D eigenvalue weighted by Crippen LogP contribution is 2.32. The van der Waals surface area contributed by atoms with E-state index in [1.54, 1.807) is 16.2 Å². The van der Waals surface area contributed by atoms with Crippen LogP contribution in [0.3, 0.4) is 0 Å². The number of benzene rings is 1. The van der Waals surface area contributed by atoms with Crippen molar-refractivity contribution in [2.24, 2.45) is 0 Å². The molecule has 0 radical (unpaired) electrons. The fraction of sp³-hybridized carbons (Fsp3) is 0.389. The predicted molar refractivity (Wildman–Crippen MR) is 93.0 cm³/mol. The molecule has 24 heavy (non-hydrogen) atoms. The summed E-state index contributed by atoms with van der Waals surface area (Å²) in [7, 11) is 0. The highest BCUT2D eigenvalue weighted by molar-refractivity contribution is 7.15. The van der Waals surface area contributed by atoms with Crippen molar-refractivity contribution in [2.75, 3.05) is 11.5 Å². The quantitative estimate of drug-likeness (QED) is 0.782. The zero-order valence-corrected chi connectivity index (χ0v) is 14.5. The van der Waals surface area contributed by atoms with Crippen molar-refractivity contribution in [1.29, 1.82) is 0 Å². The van der Waals surface area contributed by atoms with E-state index in [4.69, 9.17) is 4.74 Å². The number of carbonyl (C=O) groups excluding carboxylic acids is 2. The summed E-state index contributed by atoms with van der Waals surface area (Å²) < 4.78 is 4.89. The molecule has 3 rings (SSSR count). The van der Waals surface area contributed by atoms with Crippen LogP contribution >= 0.6 is 11.3 Å². The third-order valence-corrected chi connectivity index (χ3v) is 5.13. The van der Waals surface area contributed by atoms with Crippen molar-refractivity contribution < 1.29 is 14.3 Å². The molecule has 1 aliphatic rings. The second kappa shape index (κ2) is 7.57. The van der Waals surface area contributed by atoms with Crippen LogP contribution in [0.15, 0.2) is 30.3 Å². The first-order valence-electron chi connectivity index (χ1n) is 8.09. The Balaban J connectivity index is 1.84. The van der Waals surface area contributed by atoms with Gasteiger partial charge in [0.05, 0.1) is 12.2 Å². The zero-order valence-electron chi connectivity index (χ0n) is 13.7. The molecular formula is C18H20N2O3S. The van der Waals surface area contributed by atoms with Crippen molar-refractivity contribution in [2.45, 2.75) is 39.2 Å². The first kappa shape index (κ1) is 16.6. The van der Waals surface area contributed by atoms with E-state index in [1.807, 2.05) is 30.3 Å². The van der Waals surface area contributed by atoms with Crippen LogP contribution in [0.25, 0.3) is 0 Å². The summed E-state index contributed by atoms with van der Waals surface area (Å²) in [5, 5.41) is 0.697. The lowest BCUT2D eigenvalue weighted by atomic mass is 10.0. The van der Waals surface area contributed by atoms with Crippen molar-refractivity contribution in [3.8, 4) is 0 Å². The Morgan fingerprint density at radius 2 is 1.96 bits per heavy atom. The molecule has 1 heterocycles. The summed E-state index contributed by atoms with van der Waals surface area (Å²) >= 11 is 1.58. The smallest absolute Gasteiger partial charge is 0.303 e. The van der Waals surface area contributed by atoms with Gasteiger partial charge in [-0.2, -0.15) is 0 Å². The number of anilines is 1. The van der Waals surface area contributed by atoms with E-state index in [-0.39, 0.29) is 12.5 Å². The molecule has 1 aliphatic carbocycles. The van der Waals surface area contributed by atoms with E-state index < -0.39 is 5.97 Å². The number of rotatable bonds is 5. The molecule has 2 aromatic rings. The van der Waals surface area contributed by atoms with E-state index in [9.17, 15) is 9.59 Å². The Hall–Kier alpha value is -2.21. The Labute approximate surface area is 145 Å². The molecule has 6 heteroatoms. The van der Waals surface area contributed by atoms with E-state index >= 15 is 0 Å². The number of ether oxygens (including phenoxy) is 1. The number of thiazole rings is 1. The second-order valence-electron chi connectivity index (χ2n) is 5.82. The van der Waals surface area contributed by atoms with E-state index in [0.717, 1.165) is 30.5 Å². The minimum absolute atomic E-state index is 0.250. The number of fused-ring (bicyclic) bond motifs is 1. The molecule has 1 amide bonds. The molecule has 1 aromatic carbocycles. The zero-order chi connectivity index (χ0) is 16.9. The molecule has 0 atom stereocenters. The third-order valence-electron chi connectivity index (χ3n) is 3.95. The SMILES string of the molecule is CC(=O)OCC(=O)N(Cc1ccccc1)c1nc2c(s1)CCCC2. The van der Waals surface area contributed by atoms with Crippen LogP contribution in [-0.2, 0) is 33.7 Å². The molecule has 0 spiro atoms. The van der Waals surface area contributed by atoms with Crippen molar-refractivity contribution in [3.63, 3.8) is 0 Å². The monoisotopic (exact) mass is 344 g/mol. The third kappa shape index (κ3) is 4.00. The summed E-state index contributed by atoms with van der Waals surface area (Å²) in [6, 6.07) is 9.77. The molecular weight excluding hydrogens is 324 g/mol. The minimum Gasteiger partial charge on any atom is -0.456 e. The highest BCUT2D eigenvalue weighted by Gasteiger charge is 2.24. The number of aryl methyl sites for hydroxylation is 2.